The minimum Gasteiger partial charge on any atom is -0.460 e. The second kappa shape index (κ2) is 6.93. The van der Waals surface area contributed by atoms with Gasteiger partial charge in [-0.3, -0.25) is 4.55 Å². The Morgan fingerprint density at radius 3 is 2.69 bits per heavy atom. The monoisotopic (exact) mass is 454 g/mol. The van der Waals surface area contributed by atoms with Gasteiger partial charge in [0, 0.05) is 29.9 Å². The molecular formula is C23H22N2O6S. The average Bonchev–Trinajstić information content (AvgIpc) is 3.13. The van der Waals surface area contributed by atoms with Crippen LogP contribution in [-0.4, -0.2) is 47.7 Å². The second-order valence-electron chi connectivity index (χ2n) is 8.57. The molecule has 0 amide bonds. The zero-order chi connectivity index (χ0) is 22.8. The van der Waals surface area contributed by atoms with Gasteiger partial charge in [-0.2, -0.15) is 8.42 Å². The summed E-state index contributed by atoms with van der Waals surface area (Å²) >= 11 is 0. The maximum Gasteiger partial charge on any atom is 0.269 e. The Kier molecular flexibility index (Phi) is 4.49. The topological polar surface area (TPSA) is 113 Å². The molecule has 1 aromatic heterocycles. The Hall–Kier alpha value is -3.14. The molecule has 2 N–H and O–H groups in total. The van der Waals surface area contributed by atoms with Crippen LogP contribution in [0.4, 0.5) is 5.69 Å². The van der Waals surface area contributed by atoms with Crippen molar-refractivity contribution >= 4 is 44.1 Å². The summed E-state index contributed by atoms with van der Waals surface area (Å²) in [6, 6.07) is 10.8. The molecule has 2 aliphatic heterocycles. The van der Waals surface area contributed by atoms with E-state index in [1.54, 1.807) is 24.3 Å². The number of hydrogen-bond donors (Lipinski definition) is 2. The lowest BCUT2D eigenvalue weighted by molar-refractivity contribution is 0.0306. The summed E-state index contributed by atoms with van der Waals surface area (Å²) in [6.45, 7) is 3.89. The van der Waals surface area contributed by atoms with Gasteiger partial charge >= 0.3 is 0 Å². The van der Waals surface area contributed by atoms with Gasteiger partial charge in [-0.15, -0.1) is 0 Å². The summed E-state index contributed by atoms with van der Waals surface area (Å²) in [5.41, 5.74) is 3.66. The van der Waals surface area contributed by atoms with Crippen LogP contribution in [0.2, 0.25) is 0 Å². The molecule has 0 saturated heterocycles. The van der Waals surface area contributed by atoms with Gasteiger partial charge in [0.05, 0.1) is 11.1 Å². The van der Waals surface area contributed by atoms with Crippen LogP contribution in [0.3, 0.4) is 0 Å². The molecule has 0 saturated carbocycles. The van der Waals surface area contributed by atoms with Crippen LogP contribution in [0, 0.1) is 0 Å². The van der Waals surface area contributed by atoms with Gasteiger partial charge in [0.15, 0.2) is 5.58 Å². The van der Waals surface area contributed by atoms with E-state index in [1.165, 1.54) is 0 Å². The quantitative estimate of drug-likeness (QED) is 0.578. The third kappa shape index (κ3) is 3.48. The molecule has 0 bridgehead atoms. The van der Waals surface area contributed by atoms with Gasteiger partial charge in [-0.1, -0.05) is 18.2 Å². The Morgan fingerprint density at radius 2 is 1.97 bits per heavy atom. The van der Waals surface area contributed by atoms with E-state index in [0.29, 0.717) is 39.1 Å². The SMILES string of the molecule is CN1c2cc3c(cc2C(CS(=O)(=O)O)=CC1(C)C)C=C(c1nc2ccccc2o1)C(O)O3. The Balaban J connectivity index is 1.65. The third-order valence-corrected chi connectivity index (χ3v) is 6.60. The molecule has 5 rings (SSSR count). The van der Waals surface area contributed by atoms with Crippen LogP contribution in [0.15, 0.2) is 46.9 Å². The highest BCUT2D eigenvalue weighted by Gasteiger charge is 2.34. The van der Waals surface area contributed by atoms with Crippen LogP contribution >= 0.6 is 0 Å². The Labute approximate surface area is 185 Å². The zero-order valence-electron chi connectivity index (χ0n) is 17.7. The first-order valence-electron chi connectivity index (χ1n) is 10.0. The van der Waals surface area contributed by atoms with Gasteiger partial charge in [-0.05, 0) is 43.7 Å². The van der Waals surface area contributed by atoms with Crippen molar-refractivity contribution in [2.45, 2.75) is 25.7 Å². The Bertz CT molecular complexity index is 1380. The summed E-state index contributed by atoms with van der Waals surface area (Å²) in [7, 11) is -2.34. The predicted octanol–water partition coefficient (Wildman–Crippen LogP) is 3.58. The van der Waals surface area contributed by atoms with Crippen molar-refractivity contribution < 1.29 is 27.2 Å². The van der Waals surface area contributed by atoms with E-state index >= 15 is 0 Å². The molecule has 3 aromatic rings. The van der Waals surface area contributed by atoms with Gasteiger partial charge in [0.1, 0.15) is 17.0 Å². The molecule has 1 atom stereocenters. The standard InChI is InChI=1S/C23H22N2O6S/c1-23(2)11-14(12-32(27,28)29)15-8-13-9-16(21-24-17-6-4-5-7-19(17)30-21)22(26)31-20(13)10-18(15)25(23)3/h4-11,22,26H,12H2,1-3H3,(H,27,28,29). The normalized spacial score (nSPS) is 19.7. The van der Waals surface area contributed by atoms with Gasteiger partial charge in [0.25, 0.3) is 10.1 Å². The highest BCUT2D eigenvalue weighted by atomic mass is 32.2. The number of anilines is 1. The number of aliphatic hydroxyl groups is 1. The number of rotatable bonds is 3. The molecule has 166 valence electrons. The molecule has 0 radical (unpaired) electrons. The molecule has 0 spiro atoms. The van der Waals surface area contributed by atoms with Crippen molar-refractivity contribution in [3.8, 4) is 5.75 Å². The summed E-state index contributed by atoms with van der Waals surface area (Å²) in [6.07, 6.45) is 2.28. The summed E-state index contributed by atoms with van der Waals surface area (Å²) < 4.78 is 44.4. The van der Waals surface area contributed by atoms with E-state index in [2.05, 4.69) is 4.98 Å². The van der Waals surface area contributed by atoms with Crippen molar-refractivity contribution in [1.82, 2.24) is 4.98 Å². The molecule has 9 heteroatoms. The van der Waals surface area contributed by atoms with E-state index < -0.39 is 27.7 Å². The van der Waals surface area contributed by atoms with Crippen LogP contribution in [0.5, 0.6) is 5.75 Å². The fourth-order valence-electron chi connectivity index (χ4n) is 4.15. The van der Waals surface area contributed by atoms with Crippen molar-refractivity contribution in [1.29, 1.82) is 0 Å². The van der Waals surface area contributed by atoms with Gasteiger partial charge in [-0.25, -0.2) is 4.98 Å². The number of para-hydroxylation sites is 2. The maximum absolute atomic E-state index is 11.7. The van der Waals surface area contributed by atoms with Crippen LogP contribution in [-0.2, 0) is 10.1 Å². The predicted molar refractivity (Wildman–Crippen MR) is 122 cm³/mol. The largest absolute Gasteiger partial charge is 0.460 e. The van der Waals surface area contributed by atoms with Crippen molar-refractivity contribution in [3.05, 3.63) is 59.5 Å². The highest BCUT2D eigenvalue weighted by molar-refractivity contribution is 7.86. The average molecular weight is 455 g/mol. The highest BCUT2D eigenvalue weighted by Crippen LogP contribution is 2.44. The lowest BCUT2D eigenvalue weighted by Gasteiger charge is -2.41. The summed E-state index contributed by atoms with van der Waals surface area (Å²) in [4.78, 5) is 6.43. The first kappa shape index (κ1) is 20.7. The maximum atomic E-state index is 11.7. The lowest BCUT2D eigenvalue weighted by Crippen LogP contribution is -2.42. The fraction of sp³-hybridized carbons (Fsp3) is 0.261. The molecule has 0 aliphatic carbocycles. The summed E-state index contributed by atoms with van der Waals surface area (Å²) in [5, 5.41) is 10.6. The number of likely N-dealkylation sites (N-methyl/N-ethyl adjacent to an activating group) is 1. The molecule has 0 fully saturated rings. The van der Waals surface area contributed by atoms with Crippen molar-refractivity contribution in [2.75, 3.05) is 17.7 Å². The molecule has 8 nitrogen and oxygen atoms in total. The van der Waals surface area contributed by atoms with Gasteiger partial charge < -0.3 is 19.2 Å². The second-order valence-corrected chi connectivity index (χ2v) is 10.0. The molecule has 3 heterocycles. The number of oxazole rings is 1. The number of benzene rings is 2. The van der Waals surface area contributed by atoms with E-state index in [0.717, 1.165) is 5.69 Å². The third-order valence-electron chi connectivity index (χ3n) is 5.92. The van der Waals surface area contributed by atoms with Crippen molar-refractivity contribution in [3.63, 3.8) is 0 Å². The van der Waals surface area contributed by atoms with Gasteiger partial charge in [0.2, 0.25) is 12.2 Å². The zero-order valence-corrected chi connectivity index (χ0v) is 18.5. The molecule has 2 aliphatic rings. The fourth-order valence-corrected chi connectivity index (χ4v) is 4.78. The smallest absolute Gasteiger partial charge is 0.269 e. The number of nitrogens with zero attached hydrogens (tertiary/aromatic N) is 2. The van der Waals surface area contributed by atoms with Crippen LogP contribution < -0.4 is 9.64 Å². The first-order chi connectivity index (χ1) is 15.0. The molecular weight excluding hydrogens is 432 g/mol. The molecule has 1 unspecified atom stereocenters. The lowest BCUT2D eigenvalue weighted by atomic mass is 9.87. The van der Waals surface area contributed by atoms with Crippen LogP contribution in [0.1, 0.15) is 30.9 Å². The Morgan fingerprint density at radius 1 is 1.22 bits per heavy atom. The first-order valence-corrected chi connectivity index (χ1v) is 11.6. The minimum atomic E-state index is -4.23. The summed E-state index contributed by atoms with van der Waals surface area (Å²) in [5.74, 6) is 0.196. The number of aromatic nitrogens is 1. The molecule has 2 aromatic carbocycles. The van der Waals surface area contributed by atoms with E-state index in [-0.39, 0.29) is 5.89 Å². The molecule has 32 heavy (non-hydrogen) atoms. The van der Waals surface area contributed by atoms with Crippen LogP contribution in [0.25, 0.3) is 28.3 Å². The number of aliphatic hydroxyl groups excluding tert-OH is 1. The number of hydrogen-bond acceptors (Lipinski definition) is 7. The number of fused-ring (bicyclic) bond motifs is 3. The minimum absolute atomic E-state index is 0.244. The van der Waals surface area contributed by atoms with Crippen molar-refractivity contribution in [2.24, 2.45) is 0 Å². The van der Waals surface area contributed by atoms with E-state index in [1.807, 2.05) is 50.1 Å². The van der Waals surface area contributed by atoms with E-state index in [9.17, 15) is 18.1 Å². The number of ether oxygens (including phenoxy) is 1. The van der Waals surface area contributed by atoms with E-state index in [4.69, 9.17) is 9.15 Å².